The summed E-state index contributed by atoms with van der Waals surface area (Å²) in [6.07, 6.45) is 0.579. The lowest BCUT2D eigenvalue weighted by atomic mass is 10.2. The molecule has 0 unspecified atom stereocenters. The maximum Gasteiger partial charge on any atom is 0.265 e. The highest BCUT2D eigenvalue weighted by Crippen LogP contribution is 2.24. The summed E-state index contributed by atoms with van der Waals surface area (Å²) in [7, 11) is 0. The summed E-state index contributed by atoms with van der Waals surface area (Å²) in [6, 6.07) is 16.1. The van der Waals surface area contributed by atoms with Crippen molar-refractivity contribution >= 4 is 51.5 Å². The van der Waals surface area contributed by atoms with E-state index in [1.807, 2.05) is 29.6 Å². The van der Waals surface area contributed by atoms with Gasteiger partial charge < -0.3 is 15.6 Å². The highest BCUT2D eigenvalue weighted by atomic mass is 35.5. The number of rotatable bonds is 6. The van der Waals surface area contributed by atoms with Crippen LogP contribution in [0.5, 0.6) is 0 Å². The minimum atomic E-state index is -0.260. The predicted octanol–water partition coefficient (Wildman–Crippen LogP) is 4.50. The largest absolute Gasteiger partial charge is 0.352 e. The van der Waals surface area contributed by atoms with Crippen LogP contribution in [-0.2, 0) is 6.42 Å². The number of anilines is 1. The Labute approximate surface area is 175 Å². The predicted molar refractivity (Wildman–Crippen MR) is 116 cm³/mol. The zero-order valence-electron chi connectivity index (χ0n) is 15.2. The fourth-order valence-corrected chi connectivity index (χ4v) is 3.66. The Morgan fingerprint density at radius 2 is 1.93 bits per heavy atom. The van der Waals surface area contributed by atoms with Gasteiger partial charge in [0.25, 0.3) is 11.8 Å². The summed E-state index contributed by atoms with van der Waals surface area (Å²) in [5, 5.41) is 7.81. The number of amides is 2. The molecule has 4 aromatic rings. The molecule has 0 aliphatic rings. The van der Waals surface area contributed by atoms with E-state index in [0.29, 0.717) is 34.1 Å². The van der Waals surface area contributed by atoms with Gasteiger partial charge in [-0.1, -0.05) is 29.8 Å². The first kappa shape index (κ1) is 19.2. The van der Waals surface area contributed by atoms with Crippen LogP contribution in [0.1, 0.15) is 25.9 Å². The molecule has 0 aliphatic heterocycles. The molecule has 29 heavy (non-hydrogen) atoms. The van der Waals surface area contributed by atoms with Crippen molar-refractivity contribution in [1.29, 1.82) is 0 Å². The number of imidazole rings is 1. The zero-order chi connectivity index (χ0) is 20.2. The van der Waals surface area contributed by atoms with Crippen LogP contribution in [0.4, 0.5) is 5.69 Å². The first-order valence-corrected chi connectivity index (χ1v) is 10.2. The van der Waals surface area contributed by atoms with Crippen molar-refractivity contribution in [2.75, 3.05) is 11.9 Å². The summed E-state index contributed by atoms with van der Waals surface area (Å²) < 4.78 is 0. The Balaban J connectivity index is 1.38. The van der Waals surface area contributed by atoms with Crippen molar-refractivity contribution in [3.05, 3.63) is 81.3 Å². The molecule has 8 heteroatoms. The van der Waals surface area contributed by atoms with E-state index >= 15 is 0 Å². The summed E-state index contributed by atoms with van der Waals surface area (Å²) in [5.41, 5.74) is 2.69. The Hall–Kier alpha value is -3.16. The molecular formula is C21H17ClN4O2S. The van der Waals surface area contributed by atoms with Crippen molar-refractivity contribution in [2.24, 2.45) is 0 Å². The number of thiophene rings is 1. The van der Waals surface area contributed by atoms with Crippen LogP contribution in [0.25, 0.3) is 11.0 Å². The maximum atomic E-state index is 12.5. The fourth-order valence-electron chi connectivity index (χ4n) is 2.87. The van der Waals surface area contributed by atoms with E-state index in [9.17, 15) is 9.59 Å². The third kappa shape index (κ3) is 4.47. The van der Waals surface area contributed by atoms with E-state index in [4.69, 9.17) is 11.6 Å². The molecule has 146 valence electrons. The van der Waals surface area contributed by atoms with E-state index in [-0.39, 0.29) is 11.8 Å². The molecule has 0 spiro atoms. The van der Waals surface area contributed by atoms with Crippen LogP contribution in [-0.4, -0.2) is 28.3 Å². The number of benzene rings is 2. The average molecular weight is 425 g/mol. The molecule has 0 saturated heterocycles. The zero-order valence-corrected chi connectivity index (χ0v) is 16.8. The second-order valence-corrected chi connectivity index (χ2v) is 7.69. The number of aromatic nitrogens is 2. The molecule has 4 rings (SSSR count). The van der Waals surface area contributed by atoms with Gasteiger partial charge >= 0.3 is 0 Å². The van der Waals surface area contributed by atoms with Crippen molar-refractivity contribution in [3.63, 3.8) is 0 Å². The highest BCUT2D eigenvalue weighted by Gasteiger charge is 2.13. The lowest BCUT2D eigenvalue weighted by molar-refractivity contribution is 0.0952. The standard InChI is InChI=1S/C21H17ClN4O2S/c22-14-8-7-13(12-17(14)26-21(28)18-6-3-11-29-18)20(27)23-10-9-19-24-15-4-1-2-5-16(15)25-19/h1-8,11-12H,9-10H2,(H,23,27)(H,24,25)(H,26,28). The van der Waals surface area contributed by atoms with Gasteiger partial charge in [0, 0.05) is 18.5 Å². The summed E-state index contributed by atoms with van der Waals surface area (Å²) in [4.78, 5) is 33.0. The number of fused-ring (bicyclic) bond motifs is 1. The Morgan fingerprint density at radius 1 is 1.07 bits per heavy atom. The quantitative estimate of drug-likeness (QED) is 0.425. The molecular weight excluding hydrogens is 408 g/mol. The van der Waals surface area contributed by atoms with Crippen LogP contribution in [0.2, 0.25) is 5.02 Å². The topological polar surface area (TPSA) is 86.9 Å². The normalized spacial score (nSPS) is 10.8. The molecule has 0 fully saturated rings. The van der Waals surface area contributed by atoms with E-state index in [1.165, 1.54) is 11.3 Å². The second-order valence-electron chi connectivity index (χ2n) is 6.33. The van der Waals surface area contributed by atoms with Crippen molar-refractivity contribution in [3.8, 4) is 0 Å². The van der Waals surface area contributed by atoms with Gasteiger partial charge in [-0.3, -0.25) is 9.59 Å². The van der Waals surface area contributed by atoms with Gasteiger partial charge in [0.2, 0.25) is 0 Å². The van der Waals surface area contributed by atoms with Crippen LogP contribution < -0.4 is 10.6 Å². The van der Waals surface area contributed by atoms with Gasteiger partial charge in [-0.2, -0.15) is 0 Å². The van der Waals surface area contributed by atoms with Crippen LogP contribution in [0, 0.1) is 0 Å². The van der Waals surface area contributed by atoms with Gasteiger partial charge in [0.15, 0.2) is 0 Å². The third-order valence-electron chi connectivity index (χ3n) is 4.31. The van der Waals surface area contributed by atoms with Gasteiger partial charge in [0.05, 0.1) is 26.6 Å². The van der Waals surface area contributed by atoms with E-state index in [1.54, 1.807) is 30.3 Å². The van der Waals surface area contributed by atoms with Crippen LogP contribution >= 0.6 is 22.9 Å². The first-order valence-electron chi connectivity index (χ1n) is 8.96. The smallest absolute Gasteiger partial charge is 0.265 e. The molecule has 2 heterocycles. The molecule has 0 atom stereocenters. The average Bonchev–Trinajstić information content (AvgIpc) is 3.39. The van der Waals surface area contributed by atoms with Gasteiger partial charge in [-0.15, -0.1) is 11.3 Å². The van der Waals surface area contributed by atoms with E-state index in [2.05, 4.69) is 20.6 Å². The number of hydrogen-bond acceptors (Lipinski definition) is 4. The molecule has 0 bridgehead atoms. The summed E-state index contributed by atoms with van der Waals surface area (Å²) >= 11 is 7.51. The molecule has 3 N–H and O–H groups in total. The monoisotopic (exact) mass is 424 g/mol. The first-order chi connectivity index (χ1) is 14.1. The van der Waals surface area contributed by atoms with Crippen LogP contribution in [0.3, 0.4) is 0 Å². The van der Waals surface area contributed by atoms with Crippen LogP contribution in [0.15, 0.2) is 60.0 Å². The Morgan fingerprint density at radius 3 is 2.72 bits per heavy atom. The number of aromatic amines is 1. The van der Waals surface area contributed by atoms with E-state index < -0.39 is 0 Å². The Kier molecular flexibility index (Phi) is 5.59. The second kappa shape index (κ2) is 8.46. The minimum Gasteiger partial charge on any atom is -0.352 e. The van der Waals surface area contributed by atoms with Gasteiger partial charge in [0.1, 0.15) is 5.82 Å². The Bertz CT molecular complexity index is 1140. The lowest BCUT2D eigenvalue weighted by Gasteiger charge is -2.09. The molecule has 2 amide bonds. The molecule has 2 aromatic heterocycles. The van der Waals surface area contributed by atoms with Gasteiger partial charge in [-0.25, -0.2) is 4.98 Å². The number of halogens is 1. The number of nitrogens with one attached hydrogen (secondary N) is 3. The summed E-state index contributed by atoms with van der Waals surface area (Å²) in [6.45, 7) is 0.429. The third-order valence-corrected chi connectivity index (χ3v) is 5.51. The van der Waals surface area contributed by atoms with Crippen molar-refractivity contribution in [2.45, 2.75) is 6.42 Å². The molecule has 6 nitrogen and oxygen atoms in total. The molecule has 0 aliphatic carbocycles. The SMILES string of the molecule is O=C(NCCc1nc2ccccc2[nH]1)c1ccc(Cl)c(NC(=O)c2cccs2)c1. The van der Waals surface area contributed by atoms with E-state index in [0.717, 1.165) is 16.9 Å². The maximum absolute atomic E-state index is 12.5. The lowest BCUT2D eigenvalue weighted by Crippen LogP contribution is -2.26. The van der Waals surface area contributed by atoms with Gasteiger partial charge in [-0.05, 0) is 41.8 Å². The number of H-pyrrole nitrogens is 1. The minimum absolute atomic E-state index is 0.246. The number of carbonyl (C=O) groups is 2. The summed E-state index contributed by atoms with van der Waals surface area (Å²) in [5.74, 6) is 0.306. The number of para-hydroxylation sites is 2. The highest BCUT2D eigenvalue weighted by molar-refractivity contribution is 7.12. The van der Waals surface area contributed by atoms with Crippen molar-refractivity contribution < 1.29 is 9.59 Å². The number of carbonyl (C=O) groups excluding carboxylic acids is 2. The molecule has 0 radical (unpaired) electrons. The number of nitrogens with zero attached hydrogens (tertiary/aromatic N) is 1. The molecule has 0 saturated carbocycles. The molecule has 2 aromatic carbocycles. The fraction of sp³-hybridized carbons (Fsp3) is 0.0952. The number of hydrogen-bond donors (Lipinski definition) is 3. The van der Waals surface area contributed by atoms with Crippen molar-refractivity contribution in [1.82, 2.24) is 15.3 Å².